The van der Waals surface area contributed by atoms with Crippen molar-refractivity contribution in [2.24, 2.45) is 0 Å². The second-order valence-electron chi connectivity index (χ2n) is 3.51. The zero-order chi connectivity index (χ0) is 12.0. The molecule has 0 radical (unpaired) electrons. The molecule has 5 heteroatoms. The van der Waals surface area contributed by atoms with E-state index in [2.05, 4.69) is 15.9 Å². The fraction of sp³-hybridized carbons (Fsp3) is 0.455. The Kier molecular flexibility index (Phi) is 5.42. The number of hydrogen-bond donors (Lipinski definition) is 0. The van der Waals surface area contributed by atoms with Crippen LogP contribution in [0.25, 0.3) is 0 Å². The number of alkyl halides is 1. The Morgan fingerprint density at radius 1 is 1.44 bits per heavy atom. The summed E-state index contributed by atoms with van der Waals surface area (Å²) in [5.74, 6) is 0. The molecule has 0 heterocycles. The molecule has 0 fully saturated rings. The van der Waals surface area contributed by atoms with Crippen LogP contribution in [0.3, 0.4) is 0 Å². The maximum absolute atomic E-state index is 10.4. The van der Waals surface area contributed by atoms with E-state index in [0.717, 1.165) is 18.4 Å². The number of nitro benzene ring substituents is 1. The molecule has 4 nitrogen and oxygen atoms in total. The third kappa shape index (κ3) is 4.28. The van der Waals surface area contributed by atoms with E-state index in [9.17, 15) is 10.1 Å². The Morgan fingerprint density at radius 2 is 2.06 bits per heavy atom. The summed E-state index contributed by atoms with van der Waals surface area (Å²) >= 11 is 3.50. The molecule has 1 aromatic rings. The molecule has 0 aliphatic carbocycles. The van der Waals surface area contributed by atoms with Gasteiger partial charge in [0.25, 0.3) is 5.69 Å². The molecule has 0 spiro atoms. The van der Waals surface area contributed by atoms with E-state index < -0.39 is 0 Å². The van der Waals surface area contributed by atoms with Crippen LogP contribution in [0.15, 0.2) is 24.3 Å². The smallest absolute Gasteiger partial charge is 0.269 e. The zero-order valence-corrected chi connectivity index (χ0v) is 10.6. The number of nitrogens with zero attached hydrogens (tertiary/aromatic N) is 1. The molecule has 88 valence electrons. The minimum absolute atomic E-state index is 0.135. The van der Waals surface area contributed by atoms with E-state index in [1.54, 1.807) is 19.2 Å². The number of nitro groups is 1. The van der Waals surface area contributed by atoms with Gasteiger partial charge in [0.2, 0.25) is 0 Å². The van der Waals surface area contributed by atoms with E-state index in [4.69, 9.17) is 4.74 Å². The van der Waals surface area contributed by atoms with Crippen LogP contribution in [0.2, 0.25) is 0 Å². The highest BCUT2D eigenvalue weighted by atomic mass is 79.9. The Morgan fingerprint density at radius 3 is 2.56 bits per heavy atom. The highest BCUT2D eigenvalue weighted by molar-refractivity contribution is 9.09. The van der Waals surface area contributed by atoms with Gasteiger partial charge in [-0.1, -0.05) is 28.1 Å². The number of ether oxygens (including phenoxy) is 1. The average Bonchev–Trinajstić information content (AvgIpc) is 2.27. The van der Waals surface area contributed by atoms with Crippen LogP contribution < -0.4 is 0 Å². The van der Waals surface area contributed by atoms with Crippen molar-refractivity contribution in [3.05, 3.63) is 39.9 Å². The van der Waals surface area contributed by atoms with Crippen LogP contribution in [-0.4, -0.2) is 23.5 Å². The molecule has 16 heavy (non-hydrogen) atoms. The molecule has 1 rings (SSSR count). The number of benzene rings is 1. The summed E-state index contributed by atoms with van der Waals surface area (Å²) in [7, 11) is 1.67. The van der Waals surface area contributed by atoms with Crippen LogP contribution in [0.4, 0.5) is 5.69 Å². The number of methoxy groups -OCH3 is 1. The van der Waals surface area contributed by atoms with Gasteiger partial charge in [0.1, 0.15) is 0 Å². The molecule has 0 aliphatic heterocycles. The Balaban J connectivity index is 2.46. The summed E-state index contributed by atoms with van der Waals surface area (Å²) in [6.45, 7) is 0.674. The van der Waals surface area contributed by atoms with E-state index in [-0.39, 0.29) is 10.6 Å². The molecular weight excluding hydrogens is 274 g/mol. The first-order valence-corrected chi connectivity index (χ1v) is 5.91. The van der Waals surface area contributed by atoms with E-state index in [1.807, 2.05) is 0 Å². The molecule has 1 atom stereocenters. The Bertz CT molecular complexity index is 340. The molecule has 1 unspecified atom stereocenters. The largest absolute Gasteiger partial charge is 0.384 e. The van der Waals surface area contributed by atoms with Crippen LogP contribution in [0.5, 0.6) is 0 Å². The van der Waals surface area contributed by atoms with E-state index in [0.29, 0.717) is 11.4 Å². The van der Waals surface area contributed by atoms with Gasteiger partial charge >= 0.3 is 0 Å². The first kappa shape index (κ1) is 13.1. The zero-order valence-electron chi connectivity index (χ0n) is 9.06. The molecule has 0 saturated heterocycles. The Hall–Kier alpha value is -0.940. The topological polar surface area (TPSA) is 52.4 Å². The van der Waals surface area contributed by atoms with Gasteiger partial charge in [-0.3, -0.25) is 10.1 Å². The van der Waals surface area contributed by atoms with Crippen molar-refractivity contribution in [2.45, 2.75) is 17.7 Å². The van der Waals surface area contributed by atoms with Crippen molar-refractivity contribution in [1.82, 2.24) is 0 Å². The lowest BCUT2D eigenvalue weighted by molar-refractivity contribution is -0.384. The summed E-state index contributed by atoms with van der Waals surface area (Å²) in [5, 5.41) is 10.4. The predicted molar refractivity (Wildman–Crippen MR) is 66.0 cm³/mol. The molecule has 0 aromatic heterocycles. The van der Waals surface area contributed by atoms with Crippen molar-refractivity contribution in [1.29, 1.82) is 0 Å². The van der Waals surface area contributed by atoms with Crippen LogP contribution in [0.1, 0.15) is 12.0 Å². The SMILES string of the molecule is COCC(Br)CCc1ccc([N+](=O)[O-])cc1. The summed E-state index contributed by atoms with van der Waals surface area (Å²) in [5.41, 5.74) is 1.24. The fourth-order valence-electron chi connectivity index (χ4n) is 1.37. The van der Waals surface area contributed by atoms with Crippen molar-refractivity contribution in [3.63, 3.8) is 0 Å². The second kappa shape index (κ2) is 6.60. The lowest BCUT2D eigenvalue weighted by atomic mass is 10.1. The first-order chi connectivity index (χ1) is 7.63. The average molecular weight is 288 g/mol. The standard InChI is InChI=1S/C11H14BrNO3/c1-16-8-10(12)5-2-9-3-6-11(7-4-9)13(14)15/h3-4,6-7,10H,2,5,8H2,1H3. The van der Waals surface area contributed by atoms with Crippen LogP contribution >= 0.6 is 15.9 Å². The highest BCUT2D eigenvalue weighted by Crippen LogP contribution is 2.15. The fourth-order valence-corrected chi connectivity index (χ4v) is 1.87. The number of rotatable bonds is 6. The molecule has 1 aromatic carbocycles. The van der Waals surface area contributed by atoms with Crippen molar-refractivity contribution in [3.8, 4) is 0 Å². The lowest BCUT2D eigenvalue weighted by Gasteiger charge is -2.07. The lowest BCUT2D eigenvalue weighted by Crippen LogP contribution is -2.07. The van der Waals surface area contributed by atoms with Gasteiger partial charge in [0, 0.05) is 24.1 Å². The van der Waals surface area contributed by atoms with Crippen molar-refractivity contribution < 1.29 is 9.66 Å². The Labute approximate surface area is 103 Å². The normalized spacial score (nSPS) is 12.4. The van der Waals surface area contributed by atoms with Gasteiger partial charge < -0.3 is 4.74 Å². The summed E-state index contributed by atoms with van der Waals surface area (Å²) in [4.78, 5) is 10.4. The van der Waals surface area contributed by atoms with Gasteiger partial charge in [-0.05, 0) is 18.4 Å². The third-order valence-corrected chi connectivity index (χ3v) is 2.96. The number of non-ortho nitro benzene ring substituents is 1. The minimum atomic E-state index is -0.387. The summed E-state index contributed by atoms with van der Waals surface area (Å²) in [6.07, 6.45) is 1.84. The van der Waals surface area contributed by atoms with Gasteiger partial charge in [0.05, 0.1) is 11.5 Å². The third-order valence-electron chi connectivity index (χ3n) is 2.24. The highest BCUT2D eigenvalue weighted by Gasteiger charge is 2.06. The van der Waals surface area contributed by atoms with Gasteiger partial charge in [-0.2, -0.15) is 0 Å². The molecule has 0 amide bonds. The summed E-state index contributed by atoms with van der Waals surface area (Å²) in [6, 6.07) is 6.67. The second-order valence-corrected chi connectivity index (χ2v) is 4.81. The molecule has 0 saturated carbocycles. The maximum Gasteiger partial charge on any atom is 0.269 e. The predicted octanol–water partition coefficient (Wildman–Crippen LogP) is 2.94. The van der Waals surface area contributed by atoms with E-state index >= 15 is 0 Å². The van der Waals surface area contributed by atoms with Gasteiger partial charge in [-0.15, -0.1) is 0 Å². The first-order valence-electron chi connectivity index (χ1n) is 5.00. The monoisotopic (exact) mass is 287 g/mol. The van der Waals surface area contributed by atoms with E-state index in [1.165, 1.54) is 12.1 Å². The number of aryl methyl sites for hydroxylation is 1. The van der Waals surface area contributed by atoms with Crippen molar-refractivity contribution in [2.75, 3.05) is 13.7 Å². The summed E-state index contributed by atoms with van der Waals surface area (Å²) < 4.78 is 5.01. The molecule has 0 aliphatic rings. The molecular formula is C11H14BrNO3. The minimum Gasteiger partial charge on any atom is -0.384 e. The van der Waals surface area contributed by atoms with Crippen LogP contribution in [0, 0.1) is 10.1 Å². The van der Waals surface area contributed by atoms with Gasteiger partial charge in [0.15, 0.2) is 0 Å². The quantitative estimate of drug-likeness (QED) is 0.459. The number of hydrogen-bond acceptors (Lipinski definition) is 3. The molecule has 0 N–H and O–H groups in total. The number of halogens is 1. The molecule has 0 bridgehead atoms. The van der Waals surface area contributed by atoms with Gasteiger partial charge in [-0.25, -0.2) is 0 Å². The van der Waals surface area contributed by atoms with Crippen LogP contribution in [-0.2, 0) is 11.2 Å². The van der Waals surface area contributed by atoms with Crippen molar-refractivity contribution >= 4 is 21.6 Å². The maximum atomic E-state index is 10.4.